The third-order valence-corrected chi connectivity index (χ3v) is 14.0. The summed E-state index contributed by atoms with van der Waals surface area (Å²) in [7, 11) is 0. The zero-order chi connectivity index (χ0) is 41.7. The molecule has 0 saturated carbocycles. The van der Waals surface area contributed by atoms with Crippen LogP contribution in [-0.2, 0) is 5.41 Å². The second kappa shape index (κ2) is 15.3. The van der Waals surface area contributed by atoms with Gasteiger partial charge in [-0.25, -0.2) is 0 Å². The lowest BCUT2D eigenvalue weighted by Gasteiger charge is -2.35. The SMILES string of the molecule is c1ccc(-c2ccc(N(c3ccc(-c4ccccc4)cc3)c3c4c(cc5sc6cc(-c7ccccc7)ccc6c35)C(c3ccccc3)(c3ccccc3)c3ccccc3-4)cc2)cc1. The Labute approximate surface area is 372 Å². The van der Waals surface area contributed by atoms with Crippen molar-refractivity contribution in [2.24, 2.45) is 0 Å². The van der Waals surface area contributed by atoms with Crippen LogP contribution in [0.2, 0.25) is 0 Å². The fourth-order valence-electron chi connectivity index (χ4n) is 10.1. The van der Waals surface area contributed by atoms with Crippen LogP contribution in [0, 0.1) is 0 Å². The maximum absolute atomic E-state index is 2.55. The number of thiophene rings is 1. The maximum Gasteiger partial charge on any atom is 0.0714 e. The molecule has 1 aromatic heterocycles. The van der Waals surface area contributed by atoms with E-state index in [0.717, 1.165) is 11.4 Å². The van der Waals surface area contributed by atoms with Gasteiger partial charge in [-0.3, -0.25) is 0 Å². The summed E-state index contributed by atoms with van der Waals surface area (Å²) in [6.45, 7) is 0. The third-order valence-electron chi connectivity index (χ3n) is 12.9. The van der Waals surface area contributed by atoms with E-state index in [1.54, 1.807) is 0 Å². The minimum atomic E-state index is -0.567. The smallest absolute Gasteiger partial charge is 0.0714 e. The van der Waals surface area contributed by atoms with E-state index in [1.807, 2.05) is 11.3 Å². The summed E-state index contributed by atoms with van der Waals surface area (Å²) in [4.78, 5) is 2.55. The van der Waals surface area contributed by atoms with Crippen molar-refractivity contribution in [3.05, 3.63) is 271 Å². The molecule has 0 aliphatic heterocycles. The molecule has 0 unspecified atom stereocenters. The van der Waals surface area contributed by atoms with Gasteiger partial charge in [0, 0.05) is 37.1 Å². The lowest BCUT2D eigenvalue weighted by atomic mass is 9.67. The Balaban J connectivity index is 1.21. The molecule has 12 rings (SSSR count). The molecule has 0 saturated heterocycles. The van der Waals surface area contributed by atoms with E-state index in [4.69, 9.17) is 0 Å². The van der Waals surface area contributed by atoms with Gasteiger partial charge in [-0.1, -0.05) is 212 Å². The highest BCUT2D eigenvalue weighted by molar-refractivity contribution is 7.26. The predicted octanol–water partition coefficient (Wildman–Crippen LogP) is 16.9. The standard InChI is InChI=1S/C61H41NS/c1-6-18-42(19-7-1)45-30-35-50(36-31-45)62(51-37-32-46(33-38-51)43-20-8-2-9-21-43)60-58-52-28-16-17-29-54(52)61(48-24-12-4-13-25-48,49-26-14-5-15-27-49)55(58)41-57-59(60)53-39-34-47(40-56(53)63-57)44-22-10-3-11-23-44/h1-41H. The van der Waals surface area contributed by atoms with Crippen LogP contribution in [0.5, 0.6) is 0 Å². The van der Waals surface area contributed by atoms with Crippen LogP contribution in [0.3, 0.4) is 0 Å². The van der Waals surface area contributed by atoms with E-state index < -0.39 is 5.41 Å². The normalized spacial score (nSPS) is 12.6. The van der Waals surface area contributed by atoms with Gasteiger partial charge in [-0.05, 0) is 97.6 Å². The fourth-order valence-corrected chi connectivity index (χ4v) is 11.3. The zero-order valence-corrected chi connectivity index (χ0v) is 35.3. The molecule has 0 N–H and O–H groups in total. The van der Waals surface area contributed by atoms with Crippen molar-refractivity contribution in [3.63, 3.8) is 0 Å². The molecule has 0 fully saturated rings. The summed E-state index contributed by atoms with van der Waals surface area (Å²) in [5.74, 6) is 0. The maximum atomic E-state index is 2.55. The van der Waals surface area contributed by atoms with Gasteiger partial charge >= 0.3 is 0 Å². The Kier molecular flexibility index (Phi) is 8.98. The number of fused-ring (bicyclic) bond motifs is 6. The monoisotopic (exact) mass is 819 g/mol. The van der Waals surface area contributed by atoms with Crippen molar-refractivity contribution in [3.8, 4) is 44.5 Å². The zero-order valence-electron chi connectivity index (χ0n) is 34.5. The Morgan fingerprint density at radius 1 is 0.333 bits per heavy atom. The first-order valence-corrected chi connectivity index (χ1v) is 22.5. The predicted molar refractivity (Wildman–Crippen MR) is 268 cm³/mol. The molecule has 0 spiro atoms. The van der Waals surface area contributed by atoms with Crippen molar-refractivity contribution in [1.82, 2.24) is 0 Å². The van der Waals surface area contributed by atoms with Crippen LogP contribution in [0.25, 0.3) is 64.7 Å². The average molecular weight is 820 g/mol. The first-order chi connectivity index (χ1) is 31.3. The minimum absolute atomic E-state index is 0.567. The molecular formula is C61H41NS. The molecule has 1 aliphatic rings. The van der Waals surface area contributed by atoms with E-state index >= 15 is 0 Å². The van der Waals surface area contributed by atoms with Gasteiger partial charge in [-0.15, -0.1) is 11.3 Å². The summed E-state index contributed by atoms with van der Waals surface area (Å²) in [5, 5.41) is 2.52. The lowest BCUT2D eigenvalue weighted by Crippen LogP contribution is -2.28. The summed E-state index contributed by atoms with van der Waals surface area (Å²) < 4.78 is 2.54. The number of rotatable bonds is 8. The number of hydrogen-bond donors (Lipinski definition) is 0. The molecule has 0 amide bonds. The highest BCUT2D eigenvalue weighted by Crippen LogP contribution is 2.62. The minimum Gasteiger partial charge on any atom is -0.309 e. The number of anilines is 3. The molecule has 1 aliphatic carbocycles. The van der Waals surface area contributed by atoms with Crippen molar-refractivity contribution in [2.45, 2.75) is 5.41 Å². The Morgan fingerprint density at radius 3 is 1.29 bits per heavy atom. The molecule has 296 valence electrons. The fraction of sp³-hybridized carbons (Fsp3) is 0.0164. The van der Waals surface area contributed by atoms with E-state index in [0.29, 0.717) is 0 Å². The molecule has 2 heteroatoms. The van der Waals surface area contributed by atoms with Gasteiger partial charge < -0.3 is 4.90 Å². The lowest BCUT2D eigenvalue weighted by molar-refractivity contribution is 0.770. The molecule has 1 nitrogen and oxygen atoms in total. The average Bonchev–Trinajstić information content (AvgIpc) is 3.89. The van der Waals surface area contributed by atoms with Crippen molar-refractivity contribution in [2.75, 3.05) is 4.90 Å². The van der Waals surface area contributed by atoms with Crippen LogP contribution in [0.1, 0.15) is 22.3 Å². The Hall–Kier alpha value is -7.78. The Morgan fingerprint density at radius 2 is 0.762 bits per heavy atom. The molecule has 1 heterocycles. The molecule has 63 heavy (non-hydrogen) atoms. The summed E-state index contributed by atoms with van der Waals surface area (Å²) >= 11 is 1.90. The summed E-state index contributed by atoms with van der Waals surface area (Å²) in [6.07, 6.45) is 0. The van der Waals surface area contributed by atoms with Crippen LogP contribution >= 0.6 is 11.3 Å². The van der Waals surface area contributed by atoms with Gasteiger partial charge in [0.2, 0.25) is 0 Å². The molecular weight excluding hydrogens is 779 g/mol. The van der Waals surface area contributed by atoms with E-state index in [1.165, 1.54) is 92.6 Å². The van der Waals surface area contributed by atoms with Crippen molar-refractivity contribution >= 4 is 48.6 Å². The van der Waals surface area contributed by atoms with Crippen molar-refractivity contribution in [1.29, 1.82) is 0 Å². The molecule has 10 aromatic carbocycles. The molecule has 11 aromatic rings. The summed E-state index contributed by atoms with van der Waals surface area (Å²) in [6, 6.07) is 91.6. The first-order valence-electron chi connectivity index (χ1n) is 21.7. The number of hydrogen-bond acceptors (Lipinski definition) is 2. The van der Waals surface area contributed by atoms with Crippen LogP contribution in [-0.4, -0.2) is 0 Å². The number of benzene rings is 10. The highest BCUT2D eigenvalue weighted by Gasteiger charge is 2.48. The second-order valence-corrected chi connectivity index (χ2v) is 17.5. The Bertz CT molecular complexity index is 3270. The van der Waals surface area contributed by atoms with Gasteiger partial charge in [0.15, 0.2) is 0 Å². The van der Waals surface area contributed by atoms with Crippen LogP contribution in [0.4, 0.5) is 17.1 Å². The van der Waals surface area contributed by atoms with Gasteiger partial charge in [0.1, 0.15) is 0 Å². The molecule has 0 radical (unpaired) electrons. The van der Waals surface area contributed by atoms with Crippen LogP contribution < -0.4 is 4.90 Å². The van der Waals surface area contributed by atoms with Gasteiger partial charge in [0.05, 0.1) is 11.1 Å². The van der Waals surface area contributed by atoms with E-state index in [2.05, 4.69) is 254 Å². The molecule has 0 bridgehead atoms. The van der Waals surface area contributed by atoms with Crippen LogP contribution in [0.15, 0.2) is 249 Å². The quantitative estimate of drug-likeness (QED) is 0.148. The molecule has 0 atom stereocenters. The van der Waals surface area contributed by atoms with E-state index in [-0.39, 0.29) is 0 Å². The second-order valence-electron chi connectivity index (χ2n) is 16.4. The topological polar surface area (TPSA) is 3.24 Å². The first kappa shape index (κ1) is 37.0. The summed E-state index contributed by atoms with van der Waals surface area (Å²) in [5.41, 5.74) is 17.7. The van der Waals surface area contributed by atoms with Crippen molar-refractivity contribution < 1.29 is 0 Å². The van der Waals surface area contributed by atoms with E-state index in [9.17, 15) is 0 Å². The third kappa shape index (κ3) is 6.06. The van der Waals surface area contributed by atoms with Gasteiger partial charge in [0.25, 0.3) is 0 Å². The van der Waals surface area contributed by atoms with Gasteiger partial charge in [-0.2, -0.15) is 0 Å². The number of nitrogens with zero attached hydrogens (tertiary/aromatic N) is 1. The largest absolute Gasteiger partial charge is 0.309 e. The highest BCUT2D eigenvalue weighted by atomic mass is 32.1.